The van der Waals surface area contributed by atoms with Crippen LogP contribution in [0.2, 0.25) is 0 Å². The number of carbonyl (C=O) groups excluding carboxylic acids is 3. The maximum atomic E-state index is 12.4. The number of hydrogen-bond acceptors (Lipinski definition) is 4. The van der Waals surface area contributed by atoms with Gasteiger partial charge in [0.1, 0.15) is 17.6 Å². The largest absolute Gasteiger partial charge is 0.480 e. The van der Waals surface area contributed by atoms with Gasteiger partial charge in [-0.25, -0.2) is 4.79 Å². The van der Waals surface area contributed by atoms with E-state index in [-0.39, 0.29) is 5.91 Å². The van der Waals surface area contributed by atoms with Crippen LogP contribution in [0.4, 0.5) is 0 Å². The summed E-state index contributed by atoms with van der Waals surface area (Å²) in [4.78, 5) is 48.3. The third-order valence-corrected chi connectivity index (χ3v) is 4.41. The normalized spacial score (nSPS) is 29.1. The second kappa shape index (κ2) is 5.94. The molecule has 122 valence electrons. The molecular weight excluding hydrogens is 290 g/mol. The summed E-state index contributed by atoms with van der Waals surface area (Å²) < 4.78 is 0. The molecule has 0 radical (unpaired) electrons. The molecule has 0 saturated carbocycles. The van der Waals surface area contributed by atoms with Gasteiger partial charge in [0.05, 0.1) is 0 Å². The van der Waals surface area contributed by atoms with Crippen LogP contribution < -0.4 is 10.6 Å². The number of amides is 3. The average molecular weight is 311 g/mol. The van der Waals surface area contributed by atoms with Gasteiger partial charge in [0.2, 0.25) is 17.7 Å². The Morgan fingerprint density at radius 3 is 2.68 bits per heavy atom. The van der Waals surface area contributed by atoms with Gasteiger partial charge in [-0.1, -0.05) is 0 Å². The first kappa shape index (κ1) is 16.3. The van der Waals surface area contributed by atoms with Crippen LogP contribution in [-0.2, 0) is 19.2 Å². The molecule has 0 aromatic heterocycles. The van der Waals surface area contributed by atoms with Gasteiger partial charge in [0.15, 0.2) is 0 Å². The Bertz CT molecular complexity index is 521. The Hall–Kier alpha value is -2.12. The van der Waals surface area contributed by atoms with E-state index in [4.69, 9.17) is 0 Å². The van der Waals surface area contributed by atoms with Crippen molar-refractivity contribution < 1.29 is 24.3 Å². The summed E-state index contributed by atoms with van der Waals surface area (Å²) in [7, 11) is 0. The van der Waals surface area contributed by atoms with Crippen molar-refractivity contribution in [2.75, 3.05) is 6.54 Å². The molecule has 0 aliphatic carbocycles. The molecule has 2 aliphatic heterocycles. The molecule has 3 atom stereocenters. The lowest BCUT2D eigenvalue weighted by Crippen LogP contribution is -2.57. The molecule has 8 heteroatoms. The third-order valence-electron chi connectivity index (χ3n) is 4.41. The Kier molecular flexibility index (Phi) is 4.39. The first-order valence-corrected chi connectivity index (χ1v) is 7.40. The van der Waals surface area contributed by atoms with Crippen LogP contribution in [0.1, 0.15) is 39.5 Å². The highest BCUT2D eigenvalue weighted by molar-refractivity contribution is 5.95. The van der Waals surface area contributed by atoms with Gasteiger partial charge < -0.3 is 20.6 Å². The summed E-state index contributed by atoms with van der Waals surface area (Å²) in [5, 5.41) is 14.4. The SMILES string of the molecule is C[C@H](NC(=O)[C@@H]1CCC(=O)N1)C(=O)N1CCC[C@@]1(C)C(=O)O. The van der Waals surface area contributed by atoms with Crippen molar-refractivity contribution in [2.24, 2.45) is 0 Å². The molecule has 3 amide bonds. The van der Waals surface area contributed by atoms with Crippen LogP contribution in [0, 0.1) is 0 Å². The van der Waals surface area contributed by atoms with Crippen LogP contribution in [-0.4, -0.2) is 57.9 Å². The summed E-state index contributed by atoms with van der Waals surface area (Å²) in [5.74, 6) is -2.06. The fourth-order valence-corrected chi connectivity index (χ4v) is 2.96. The Balaban J connectivity index is 1.98. The van der Waals surface area contributed by atoms with E-state index < -0.39 is 35.4 Å². The molecule has 0 bridgehead atoms. The number of likely N-dealkylation sites (tertiary alicyclic amines) is 1. The van der Waals surface area contributed by atoms with Crippen molar-refractivity contribution in [1.29, 1.82) is 0 Å². The van der Waals surface area contributed by atoms with Crippen LogP contribution in [0.15, 0.2) is 0 Å². The van der Waals surface area contributed by atoms with E-state index in [0.29, 0.717) is 32.2 Å². The second-order valence-electron chi connectivity index (χ2n) is 6.06. The predicted molar refractivity (Wildman–Crippen MR) is 75.8 cm³/mol. The minimum atomic E-state index is -1.22. The highest BCUT2D eigenvalue weighted by Crippen LogP contribution is 2.29. The van der Waals surface area contributed by atoms with E-state index in [1.165, 1.54) is 18.7 Å². The zero-order chi connectivity index (χ0) is 16.5. The summed E-state index contributed by atoms with van der Waals surface area (Å²) in [6.07, 6.45) is 1.72. The van der Waals surface area contributed by atoms with Crippen LogP contribution in [0.3, 0.4) is 0 Å². The van der Waals surface area contributed by atoms with Crippen molar-refractivity contribution in [3.63, 3.8) is 0 Å². The molecule has 2 heterocycles. The summed E-state index contributed by atoms with van der Waals surface area (Å²) >= 11 is 0. The molecule has 2 saturated heterocycles. The number of nitrogens with zero attached hydrogens (tertiary/aromatic N) is 1. The fourth-order valence-electron chi connectivity index (χ4n) is 2.96. The maximum absolute atomic E-state index is 12.4. The fraction of sp³-hybridized carbons (Fsp3) is 0.714. The van der Waals surface area contributed by atoms with Gasteiger partial charge in [0.25, 0.3) is 0 Å². The molecular formula is C14H21N3O5. The molecule has 2 rings (SSSR count). The minimum absolute atomic E-state index is 0.183. The minimum Gasteiger partial charge on any atom is -0.480 e. The lowest BCUT2D eigenvalue weighted by molar-refractivity contribution is -0.156. The van der Waals surface area contributed by atoms with Crippen molar-refractivity contribution >= 4 is 23.7 Å². The molecule has 0 spiro atoms. The van der Waals surface area contributed by atoms with Crippen LogP contribution in [0.25, 0.3) is 0 Å². The highest BCUT2D eigenvalue weighted by atomic mass is 16.4. The van der Waals surface area contributed by atoms with Gasteiger partial charge in [-0.3, -0.25) is 14.4 Å². The number of rotatable bonds is 4. The summed E-state index contributed by atoms with van der Waals surface area (Å²) in [6.45, 7) is 3.41. The van der Waals surface area contributed by atoms with Gasteiger partial charge in [-0.2, -0.15) is 0 Å². The van der Waals surface area contributed by atoms with Gasteiger partial charge in [-0.05, 0) is 33.1 Å². The van der Waals surface area contributed by atoms with E-state index in [1.54, 1.807) is 0 Å². The van der Waals surface area contributed by atoms with Gasteiger partial charge >= 0.3 is 5.97 Å². The van der Waals surface area contributed by atoms with Crippen molar-refractivity contribution in [3.05, 3.63) is 0 Å². The van der Waals surface area contributed by atoms with Gasteiger partial charge in [-0.15, -0.1) is 0 Å². The number of hydrogen-bond donors (Lipinski definition) is 3. The number of aliphatic carboxylic acids is 1. The van der Waals surface area contributed by atoms with Crippen molar-refractivity contribution in [1.82, 2.24) is 15.5 Å². The number of carbonyl (C=O) groups is 4. The quantitative estimate of drug-likeness (QED) is 0.631. The lowest BCUT2D eigenvalue weighted by atomic mass is 9.98. The summed E-state index contributed by atoms with van der Waals surface area (Å²) in [6, 6.07) is -1.45. The molecule has 0 aromatic rings. The van der Waals surface area contributed by atoms with E-state index in [2.05, 4.69) is 10.6 Å². The molecule has 0 aromatic carbocycles. The van der Waals surface area contributed by atoms with Gasteiger partial charge in [0, 0.05) is 13.0 Å². The van der Waals surface area contributed by atoms with E-state index in [0.717, 1.165) is 0 Å². The highest BCUT2D eigenvalue weighted by Gasteiger charge is 2.47. The van der Waals surface area contributed by atoms with E-state index in [9.17, 15) is 24.3 Å². The monoisotopic (exact) mass is 311 g/mol. The predicted octanol–water partition coefficient (Wildman–Crippen LogP) is -0.765. The Morgan fingerprint density at radius 1 is 1.45 bits per heavy atom. The number of nitrogens with one attached hydrogen (secondary N) is 2. The van der Waals surface area contributed by atoms with Crippen LogP contribution in [0.5, 0.6) is 0 Å². The molecule has 22 heavy (non-hydrogen) atoms. The molecule has 8 nitrogen and oxygen atoms in total. The maximum Gasteiger partial charge on any atom is 0.329 e. The first-order valence-electron chi connectivity index (χ1n) is 7.40. The lowest BCUT2D eigenvalue weighted by Gasteiger charge is -2.33. The second-order valence-corrected chi connectivity index (χ2v) is 6.06. The average Bonchev–Trinajstić information content (AvgIpc) is 3.05. The first-order chi connectivity index (χ1) is 10.3. The van der Waals surface area contributed by atoms with E-state index >= 15 is 0 Å². The van der Waals surface area contributed by atoms with Crippen molar-refractivity contribution in [3.8, 4) is 0 Å². The third kappa shape index (κ3) is 2.90. The standard InChI is InChI=1S/C14H21N3O5/c1-8(15-11(19)9-4-5-10(18)16-9)12(20)17-7-3-6-14(17,2)13(21)22/h8-9H,3-7H2,1-2H3,(H,15,19)(H,16,18)(H,21,22)/t8-,9-,14-/m0/s1. The molecule has 3 N–H and O–H groups in total. The topological polar surface area (TPSA) is 116 Å². The Morgan fingerprint density at radius 2 is 2.14 bits per heavy atom. The Labute approximate surface area is 128 Å². The van der Waals surface area contributed by atoms with Crippen molar-refractivity contribution in [2.45, 2.75) is 57.2 Å². The zero-order valence-electron chi connectivity index (χ0n) is 12.7. The number of carboxylic acid groups (broad SMARTS) is 1. The van der Waals surface area contributed by atoms with E-state index in [1.807, 2.05) is 0 Å². The zero-order valence-corrected chi connectivity index (χ0v) is 12.7. The smallest absolute Gasteiger partial charge is 0.329 e. The molecule has 2 aliphatic rings. The molecule has 0 unspecified atom stereocenters. The number of carboxylic acids is 1. The van der Waals surface area contributed by atoms with Crippen LogP contribution >= 0.6 is 0 Å². The summed E-state index contributed by atoms with van der Waals surface area (Å²) in [5.41, 5.74) is -1.22. The molecule has 2 fully saturated rings.